The molecule has 0 aliphatic carbocycles. The van der Waals surface area contributed by atoms with Crippen molar-refractivity contribution < 1.29 is 4.74 Å². The quantitative estimate of drug-likeness (QED) is 0.880. The van der Waals surface area contributed by atoms with Crippen LogP contribution in [0.25, 0.3) is 0 Å². The topological polar surface area (TPSA) is 53.1 Å². The molecule has 0 radical (unpaired) electrons. The third kappa shape index (κ3) is 3.20. The van der Waals surface area contributed by atoms with Crippen molar-refractivity contribution in [3.8, 4) is 5.75 Å². The van der Waals surface area contributed by atoms with E-state index < -0.39 is 0 Å². The van der Waals surface area contributed by atoms with Crippen LogP contribution in [-0.2, 0) is 6.42 Å². The number of aromatic nitrogens is 2. The molecule has 0 saturated carbocycles. The van der Waals surface area contributed by atoms with E-state index in [2.05, 4.69) is 43.2 Å². The molecule has 1 unspecified atom stereocenters. The molecule has 2 rings (SSSR count). The Hall–Kier alpha value is -1.81. The molecule has 2 aromatic rings. The summed E-state index contributed by atoms with van der Waals surface area (Å²) in [5, 5.41) is 4.37. The first kappa shape index (κ1) is 14.6. The number of rotatable bonds is 6. The molecule has 0 saturated heterocycles. The van der Waals surface area contributed by atoms with Crippen LogP contribution in [-0.4, -0.2) is 16.9 Å². The number of nitrogens with two attached hydrogens (primary N) is 1. The van der Waals surface area contributed by atoms with Crippen LogP contribution in [0.2, 0.25) is 0 Å². The molecule has 1 aromatic heterocycles. The first-order chi connectivity index (χ1) is 9.63. The fraction of sp³-hybridized carbons (Fsp3) is 0.438. The smallest absolute Gasteiger partial charge is 0.161 e. The largest absolute Gasteiger partial charge is 0.493 e. The van der Waals surface area contributed by atoms with Gasteiger partial charge in [-0.1, -0.05) is 30.3 Å². The Morgan fingerprint density at radius 2 is 1.95 bits per heavy atom. The fourth-order valence-corrected chi connectivity index (χ4v) is 2.38. The van der Waals surface area contributed by atoms with Gasteiger partial charge < -0.3 is 10.5 Å². The van der Waals surface area contributed by atoms with Gasteiger partial charge in [0.25, 0.3) is 0 Å². The highest BCUT2D eigenvalue weighted by Gasteiger charge is 2.20. The van der Waals surface area contributed by atoms with Crippen molar-refractivity contribution in [2.24, 2.45) is 5.73 Å². The zero-order valence-electron chi connectivity index (χ0n) is 12.4. The summed E-state index contributed by atoms with van der Waals surface area (Å²) in [7, 11) is 1.66. The zero-order valence-corrected chi connectivity index (χ0v) is 12.4. The van der Waals surface area contributed by atoms with Crippen molar-refractivity contribution in [2.75, 3.05) is 7.11 Å². The Bertz CT molecular complexity index is 534. The normalized spacial score (nSPS) is 12.7. The van der Waals surface area contributed by atoms with Gasteiger partial charge in [-0.25, -0.2) is 0 Å². The predicted octanol–water partition coefficient (Wildman–Crippen LogP) is 3.11. The number of benzene rings is 1. The van der Waals surface area contributed by atoms with Gasteiger partial charge >= 0.3 is 0 Å². The number of hydrogen-bond donors (Lipinski definition) is 1. The van der Waals surface area contributed by atoms with Gasteiger partial charge in [0.05, 0.1) is 25.0 Å². The average Bonchev–Trinajstić information content (AvgIpc) is 2.90. The third-order valence-corrected chi connectivity index (χ3v) is 3.45. The van der Waals surface area contributed by atoms with Gasteiger partial charge in [-0.2, -0.15) is 5.10 Å². The van der Waals surface area contributed by atoms with Crippen molar-refractivity contribution in [2.45, 2.75) is 38.8 Å². The Morgan fingerprint density at radius 3 is 2.55 bits per heavy atom. The van der Waals surface area contributed by atoms with Crippen molar-refractivity contribution in [3.05, 3.63) is 47.8 Å². The molecule has 0 aliphatic rings. The van der Waals surface area contributed by atoms with Gasteiger partial charge in [0.1, 0.15) is 0 Å². The highest BCUT2D eigenvalue weighted by molar-refractivity contribution is 5.29. The Labute approximate surface area is 120 Å². The molecule has 1 aromatic carbocycles. The van der Waals surface area contributed by atoms with Gasteiger partial charge in [-0.15, -0.1) is 0 Å². The number of nitrogens with zero attached hydrogens (tertiary/aromatic N) is 2. The van der Waals surface area contributed by atoms with Crippen molar-refractivity contribution in [3.63, 3.8) is 0 Å². The van der Waals surface area contributed by atoms with E-state index in [0.29, 0.717) is 0 Å². The van der Waals surface area contributed by atoms with Crippen LogP contribution in [0.4, 0.5) is 0 Å². The minimum Gasteiger partial charge on any atom is -0.493 e. The molecular formula is C16H23N3O. The van der Waals surface area contributed by atoms with Crippen LogP contribution < -0.4 is 10.5 Å². The molecule has 0 fully saturated rings. The van der Waals surface area contributed by atoms with E-state index in [9.17, 15) is 0 Å². The second kappa shape index (κ2) is 6.57. The molecule has 0 bridgehead atoms. The lowest BCUT2D eigenvalue weighted by atomic mass is 10.0. The fourth-order valence-electron chi connectivity index (χ4n) is 2.38. The summed E-state index contributed by atoms with van der Waals surface area (Å²) in [6.45, 7) is 4.19. The predicted molar refractivity (Wildman–Crippen MR) is 80.9 cm³/mol. The molecule has 0 amide bonds. The molecule has 108 valence electrons. The standard InChI is InChI=1S/C16H23N3O/c1-12(2)19-16(15(20-3)11-18-19)14(17)10-9-13-7-5-4-6-8-13/h4-8,11-12,14H,9-10,17H2,1-3H3. The van der Waals surface area contributed by atoms with Crippen molar-refractivity contribution in [1.82, 2.24) is 9.78 Å². The van der Waals surface area contributed by atoms with E-state index >= 15 is 0 Å². The van der Waals surface area contributed by atoms with Gasteiger partial charge in [-0.05, 0) is 32.3 Å². The average molecular weight is 273 g/mol. The number of aryl methyl sites for hydroxylation is 1. The Balaban J connectivity index is 2.12. The first-order valence-corrected chi connectivity index (χ1v) is 7.04. The molecule has 4 nitrogen and oxygen atoms in total. The molecule has 2 N–H and O–H groups in total. The molecule has 1 atom stereocenters. The van der Waals surface area contributed by atoms with Crippen LogP contribution in [0, 0.1) is 0 Å². The van der Waals surface area contributed by atoms with E-state index in [0.717, 1.165) is 24.3 Å². The summed E-state index contributed by atoms with van der Waals surface area (Å²) in [5.41, 5.74) is 8.65. The molecule has 20 heavy (non-hydrogen) atoms. The Kier molecular flexibility index (Phi) is 4.79. The van der Waals surface area contributed by atoms with Crippen LogP contribution in [0.5, 0.6) is 5.75 Å². The lowest BCUT2D eigenvalue weighted by Crippen LogP contribution is -2.19. The van der Waals surface area contributed by atoms with Crippen LogP contribution in [0.15, 0.2) is 36.5 Å². The van der Waals surface area contributed by atoms with Gasteiger partial charge in [0.2, 0.25) is 0 Å². The monoisotopic (exact) mass is 273 g/mol. The Morgan fingerprint density at radius 1 is 1.25 bits per heavy atom. The third-order valence-electron chi connectivity index (χ3n) is 3.45. The van der Waals surface area contributed by atoms with Crippen molar-refractivity contribution in [1.29, 1.82) is 0 Å². The minimum absolute atomic E-state index is 0.0740. The highest BCUT2D eigenvalue weighted by Crippen LogP contribution is 2.28. The van der Waals surface area contributed by atoms with Gasteiger partial charge in [-0.3, -0.25) is 4.68 Å². The van der Waals surface area contributed by atoms with Crippen LogP contribution in [0.3, 0.4) is 0 Å². The lowest BCUT2D eigenvalue weighted by Gasteiger charge is -2.18. The first-order valence-electron chi connectivity index (χ1n) is 7.04. The minimum atomic E-state index is -0.0740. The summed E-state index contributed by atoms with van der Waals surface area (Å²) < 4.78 is 7.34. The van der Waals surface area contributed by atoms with E-state index in [4.69, 9.17) is 10.5 Å². The van der Waals surface area contributed by atoms with Gasteiger partial charge in [0, 0.05) is 6.04 Å². The lowest BCUT2D eigenvalue weighted by molar-refractivity contribution is 0.394. The maximum Gasteiger partial charge on any atom is 0.161 e. The molecular weight excluding hydrogens is 250 g/mol. The maximum atomic E-state index is 6.36. The van der Waals surface area contributed by atoms with Gasteiger partial charge in [0.15, 0.2) is 5.75 Å². The van der Waals surface area contributed by atoms with Crippen LogP contribution >= 0.6 is 0 Å². The SMILES string of the molecule is COc1cnn(C(C)C)c1C(N)CCc1ccccc1. The van der Waals surface area contributed by atoms with Crippen molar-refractivity contribution >= 4 is 0 Å². The van der Waals surface area contributed by atoms with E-state index in [-0.39, 0.29) is 12.1 Å². The molecule has 0 spiro atoms. The number of methoxy groups -OCH3 is 1. The van der Waals surface area contributed by atoms with E-state index in [1.165, 1.54) is 5.56 Å². The molecule has 1 heterocycles. The highest BCUT2D eigenvalue weighted by atomic mass is 16.5. The summed E-state index contributed by atoms with van der Waals surface area (Å²) in [6, 6.07) is 10.6. The van der Waals surface area contributed by atoms with E-state index in [1.807, 2.05) is 10.7 Å². The number of hydrogen-bond acceptors (Lipinski definition) is 3. The summed E-state index contributed by atoms with van der Waals surface area (Å²) >= 11 is 0. The summed E-state index contributed by atoms with van der Waals surface area (Å²) in [6.07, 6.45) is 3.57. The molecule has 0 aliphatic heterocycles. The second-order valence-corrected chi connectivity index (χ2v) is 5.27. The molecule has 4 heteroatoms. The maximum absolute atomic E-state index is 6.36. The summed E-state index contributed by atoms with van der Waals surface area (Å²) in [5.74, 6) is 0.777. The van der Waals surface area contributed by atoms with Crippen LogP contribution in [0.1, 0.15) is 43.6 Å². The zero-order chi connectivity index (χ0) is 14.5. The van der Waals surface area contributed by atoms with E-state index in [1.54, 1.807) is 13.3 Å². The number of ether oxygens (including phenoxy) is 1. The second-order valence-electron chi connectivity index (χ2n) is 5.27. The summed E-state index contributed by atoms with van der Waals surface area (Å²) in [4.78, 5) is 0.